The first-order valence-electron chi connectivity index (χ1n) is 8.21. The van der Waals surface area contributed by atoms with E-state index >= 15 is 0 Å². The standard InChI is InChI=1S/C19H20BrN3O2/c1-14-7-8-16(20)13-17(14)21-19(25)23-11-9-22(10-12-23)18(24)15-5-3-2-4-6-15/h2-8,13H,9-12H2,1H3,(H,21,25). The summed E-state index contributed by atoms with van der Waals surface area (Å²) in [6.07, 6.45) is 0. The molecule has 1 aliphatic heterocycles. The summed E-state index contributed by atoms with van der Waals surface area (Å²) in [4.78, 5) is 28.5. The molecule has 0 atom stereocenters. The third-order valence-corrected chi connectivity index (χ3v) is 4.81. The van der Waals surface area contributed by atoms with Gasteiger partial charge in [-0.15, -0.1) is 0 Å². The van der Waals surface area contributed by atoms with Crippen LogP contribution in [-0.2, 0) is 0 Å². The number of nitrogens with one attached hydrogen (secondary N) is 1. The second kappa shape index (κ2) is 7.70. The van der Waals surface area contributed by atoms with Gasteiger partial charge in [-0.2, -0.15) is 0 Å². The largest absolute Gasteiger partial charge is 0.335 e. The number of hydrogen-bond acceptors (Lipinski definition) is 2. The Balaban J connectivity index is 1.57. The number of carbonyl (C=O) groups excluding carboxylic acids is 2. The average molecular weight is 402 g/mol. The van der Waals surface area contributed by atoms with E-state index in [0.717, 1.165) is 15.7 Å². The maximum absolute atomic E-state index is 12.5. The van der Waals surface area contributed by atoms with Crippen molar-refractivity contribution in [2.45, 2.75) is 6.92 Å². The fourth-order valence-electron chi connectivity index (χ4n) is 2.80. The van der Waals surface area contributed by atoms with Crippen LogP contribution in [0.3, 0.4) is 0 Å². The second-order valence-electron chi connectivity index (χ2n) is 6.03. The van der Waals surface area contributed by atoms with Crippen molar-refractivity contribution in [2.24, 2.45) is 0 Å². The van der Waals surface area contributed by atoms with E-state index in [-0.39, 0.29) is 11.9 Å². The average Bonchev–Trinajstić information content (AvgIpc) is 2.65. The Bertz CT molecular complexity index is 771. The van der Waals surface area contributed by atoms with Crippen LogP contribution in [0.2, 0.25) is 0 Å². The quantitative estimate of drug-likeness (QED) is 0.832. The van der Waals surface area contributed by atoms with E-state index in [1.165, 1.54) is 0 Å². The molecule has 2 aromatic carbocycles. The second-order valence-corrected chi connectivity index (χ2v) is 6.95. The van der Waals surface area contributed by atoms with Gasteiger partial charge < -0.3 is 15.1 Å². The van der Waals surface area contributed by atoms with Gasteiger partial charge in [-0.3, -0.25) is 4.79 Å². The summed E-state index contributed by atoms with van der Waals surface area (Å²) in [5, 5.41) is 2.95. The zero-order chi connectivity index (χ0) is 17.8. The minimum absolute atomic E-state index is 0.0171. The Morgan fingerprint density at radius 1 is 0.960 bits per heavy atom. The highest BCUT2D eigenvalue weighted by Gasteiger charge is 2.25. The van der Waals surface area contributed by atoms with E-state index in [4.69, 9.17) is 0 Å². The topological polar surface area (TPSA) is 52.7 Å². The summed E-state index contributed by atoms with van der Waals surface area (Å²) in [6, 6.07) is 14.9. The summed E-state index contributed by atoms with van der Waals surface area (Å²) in [7, 11) is 0. The number of amides is 3. The van der Waals surface area contributed by atoms with Gasteiger partial charge in [-0.1, -0.05) is 40.2 Å². The van der Waals surface area contributed by atoms with E-state index in [1.807, 2.05) is 55.5 Å². The van der Waals surface area contributed by atoms with Gasteiger partial charge in [0.2, 0.25) is 0 Å². The Morgan fingerprint density at radius 3 is 2.28 bits per heavy atom. The lowest BCUT2D eigenvalue weighted by Crippen LogP contribution is -2.51. The van der Waals surface area contributed by atoms with Crippen LogP contribution >= 0.6 is 15.9 Å². The van der Waals surface area contributed by atoms with E-state index in [1.54, 1.807) is 9.80 Å². The highest BCUT2D eigenvalue weighted by atomic mass is 79.9. The smallest absolute Gasteiger partial charge is 0.321 e. The van der Waals surface area contributed by atoms with Crippen molar-refractivity contribution in [2.75, 3.05) is 31.5 Å². The molecular formula is C19H20BrN3O2. The van der Waals surface area contributed by atoms with Gasteiger partial charge in [-0.25, -0.2) is 4.79 Å². The molecule has 0 unspecified atom stereocenters. The number of urea groups is 1. The van der Waals surface area contributed by atoms with Crippen LogP contribution in [0, 0.1) is 6.92 Å². The van der Waals surface area contributed by atoms with Crippen LogP contribution in [0.25, 0.3) is 0 Å². The molecule has 0 aliphatic carbocycles. The number of halogens is 1. The predicted octanol–water partition coefficient (Wildman–Crippen LogP) is 3.75. The first kappa shape index (κ1) is 17.5. The molecule has 6 heteroatoms. The summed E-state index contributed by atoms with van der Waals surface area (Å²) in [6.45, 7) is 4.09. The summed E-state index contributed by atoms with van der Waals surface area (Å²) >= 11 is 3.42. The van der Waals surface area contributed by atoms with Crippen LogP contribution in [-0.4, -0.2) is 47.9 Å². The molecule has 25 heavy (non-hydrogen) atoms. The maximum Gasteiger partial charge on any atom is 0.321 e. The molecular weight excluding hydrogens is 382 g/mol. The Labute approximate surface area is 155 Å². The van der Waals surface area contributed by atoms with Gasteiger partial charge >= 0.3 is 6.03 Å². The van der Waals surface area contributed by atoms with Crippen molar-refractivity contribution < 1.29 is 9.59 Å². The van der Waals surface area contributed by atoms with Crippen molar-refractivity contribution in [1.29, 1.82) is 0 Å². The van der Waals surface area contributed by atoms with Gasteiger partial charge in [0.05, 0.1) is 0 Å². The Hall–Kier alpha value is -2.34. The van der Waals surface area contributed by atoms with Crippen molar-refractivity contribution in [3.63, 3.8) is 0 Å². The molecule has 1 heterocycles. The molecule has 2 aromatic rings. The minimum Gasteiger partial charge on any atom is -0.335 e. The summed E-state index contributed by atoms with van der Waals surface area (Å²) < 4.78 is 0.923. The molecule has 0 radical (unpaired) electrons. The van der Waals surface area contributed by atoms with E-state index < -0.39 is 0 Å². The number of anilines is 1. The van der Waals surface area contributed by atoms with Gasteiger partial charge in [0.1, 0.15) is 0 Å². The zero-order valence-corrected chi connectivity index (χ0v) is 15.6. The SMILES string of the molecule is Cc1ccc(Br)cc1NC(=O)N1CCN(C(=O)c2ccccc2)CC1. The van der Waals surface area contributed by atoms with E-state index in [2.05, 4.69) is 21.2 Å². The van der Waals surface area contributed by atoms with E-state index in [9.17, 15) is 9.59 Å². The fourth-order valence-corrected chi connectivity index (χ4v) is 3.16. The lowest BCUT2D eigenvalue weighted by molar-refractivity contribution is 0.0671. The minimum atomic E-state index is -0.131. The molecule has 0 aromatic heterocycles. The van der Waals surface area contributed by atoms with Crippen molar-refractivity contribution in [3.8, 4) is 0 Å². The van der Waals surface area contributed by atoms with Crippen LogP contribution < -0.4 is 5.32 Å². The molecule has 1 saturated heterocycles. The highest BCUT2D eigenvalue weighted by Crippen LogP contribution is 2.21. The number of carbonyl (C=O) groups is 2. The lowest BCUT2D eigenvalue weighted by Gasteiger charge is -2.34. The van der Waals surface area contributed by atoms with Crippen LogP contribution in [0.1, 0.15) is 15.9 Å². The number of nitrogens with zero attached hydrogens (tertiary/aromatic N) is 2. The third-order valence-electron chi connectivity index (χ3n) is 4.32. The molecule has 3 rings (SSSR count). The Kier molecular flexibility index (Phi) is 5.38. The maximum atomic E-state index is 12.5. The van der Waals surface area contributed by atoms with E-state index in [0.29, 0.717) is 31.7 Å². The fraction of sp³-hybridized carbons (Fsp3) is 0.263. The molecule has 3 amide bonds. The molecule has 1 fully saturated rings. The first-order valence-corrected chi connectivity index (χ1v) is 9.00. The van der Waals surface area contributed by atoms with Crippen LogP contribution in [0.4, 0.5) is 10.5 Å². The number of hydrogen-bond donors (Lipinski definition) is 1. The molecule has 130 valence electrons. The number of aryl methyl sites for hydroxylation is 1. The van der Waals surface area contributed by atoms with Crippen LogP contribution in [0.5, 0.6) is 0 Å². The summed E-state index contributed by atoms with van der Waals surface area (Å²) in [5.74, 6) is 0.0171. The molecule has 0 saturated carbocycles. The Morgan fingerprint density at radius 2 is 1.60 bits per heavy atom. The van der Waals surface area contributed by atoms with Crippen molar-refractivity contribution in [3.05, 3.63) is 64.1 Å². The van der Waals surface area contributed by atoms with Gasteiger partial charge in [-0.05, 0) is 36.8 Å². The number of rotatable bonds is 2. The molecule has 5 nitrogen and oxygen atoms in total. The third kappa shape index (κ3) is 4.20. The molecule has 0 spiro atoms. The van der Waals surface area contributed by atoms with Gasteiger partial charge in [0.25, 0.3) is 5.91 Å². The van der Waals surface area contributed by atoms with Gasteiger partial charge in [0, 0.05) is 41.9 Å². The zero-order valence-electron chi connectivity index (χ0n) is 14.0. The predicted molar refractivity (Wildman–Crippen MR) is 102 cm³/mol. The van der Waals surface area contributed by atoms with Gasteiger partial charge in [0.15, 0.2) is 0 Å². The molecule has 1 N–H and O–H groups in total. The van der Waals surface area contributed by atoms with Crippen LogP contribution in [0.15, 0.2) is 53.0 Å². The normalized spacial score (nSPS) is 14.3. The van der Waals surface area contributed by atoms with Crippen molar-refractivity contribution >= 4 is 33.6 Å². The lowest BCUT2D eigenvalue weighted by atomic mass is 10.2. The van der Waals surface area contributed by atoms with Crippen molar-refractivity contribution in [1.82, 2.24) is 9.80 Å². The highest BCUT2D eigenvalue weighted by molar-refractivity contribution is 9.10. The monoisotopic (exact) mass is 401 g/mol. The first-order chi connectivity index (χ1) is 12.0. The number of benzene rings is 2. The molecule has 0 bridgehead atoms. The summed E-state index contributed by atoms with van der Waals surface area (Å²) in [5.41, 5.74) is 2.49. The number of piperazine rings is 1. The molecule has 1 aliphatic rings.